The van der Waals surface area contributed by atoms with Crippen LogP contribution in [-0.2, 0) is 0 Å². The number of carbonyl (C=O) groups excluding carboxylic acids is 1. The van der Waals surface area contributed by atoms with Crippen LogP contribution >= 0.6 is 0 Å². The number of piperazine rings is 1. The molecule has 0 saturated carbocycles. The van der Waals surface area contributed by atoms with Crippen molar-refractivity contribution < 1.29 is 4.79 Å². The zero-order chi connectivity index (χ0) is 19.3. The Kier molecular flexibility index (Phi) is 5.40. The molecule has 4 heteroatoms. The summed E-state index contributed by atoms with van der Waals surface area (Å²) in [6.45, 7) is 3.05. The van der Waals surface area contributed by atoms with Crippen LogP contribution < -0.4 is 5.73 Å². The quantitative estimate of drug-likeness (QED) is 0.710. The van der Waals surface area contributed by atoms with Gasteiger partial charge in [0.15, 0.2) is 0 Å². The first-order valence-electron chi connectivity index (χ1n) is 9.72. The smallest absolute Gasteiger partial charge is 0.256 e. The van der Waals surface area contributed by atoms with Gasteiger partial charge in [-0.15, -0.1) is 0 Å². The summed E-state index contributed by atoms with van der Waals surface area (Å²) in [6, 6.07) is 28.7. The van der Waals surface area contributed by atoms with E-state index in [2.05, 4.69) is 53.4 Å². The van der Waals surface area contributed by atoms with Crippen LogP contribution in [0.25, 0.3) is 0 Å². The van der Waals surface area contributed by atoms with Crippen molar-refractivity contribution in [3.05, 3.63) is 102 Å². The summed E-state index contributed by atoms with van der Waals surface area (Å²) in [5, 5.41) is 0. The van der Waals surface area contributed by atoms with E-state index in [0.717, 1.165) is 13.1 Å². The second-order valence-electron chi connectivity index (χ2n) is 7.14. The van der Waals surface area contributed by atoms with Gasteiger partial charge < -0.3 is 10.6 Å². The maximum Gasteiger partial charge on any atom is 0.256 e. The number of rotatable bonds is 4. The molecule has 2 N–H and O–H groups in total. The molecule has 0 aromatic heterocycles. The molecule has 0 spiro atoms. The van der Waals surface area contributed by atoms with Crippen molar-refractivity contribution in [1.29, 1.82) is 0 Å². The van der Waals surface area contributed by atoms with Crippen molar-refractivity contribution in [1.82, 2.24) is 9.80 Å². The number of anilines is 1. The maximum atomic E-state index is 12.9. The molecule has 0 aliphatic carbocycles. The molecule has 1 heterocycles. The molecule has 0 radical (unpaired) electrons. The maximum absolute atomic E-state index is 12.9. The minimum Gasteiger partial charge on any atom is -0.398 e. The fourth-order valence-corrected chi connectivity index (χ4v) is 3.93. The van der Waals surface area contributed by atoms with Crippen molar-refractivity contribution >= 4 is 11.6 Å². The normalized spacial score (nSPS) is 15.0. The van der Waals surface area contributed by atoms with E-state index < -0.39 is 0 Å². The first-order valence-corrected chi connectivity index (χ1v) is 9.72. The van der Waals surface area contributed by atoms with E-state index >= 15 is 0 Å². The van der Waals surface area contributed by atoms with E-state index in [1.54, 1.807) is 12.1 Å². The summed E-state index contributed by atoms with van der Waals surface area (Å²) in [5.41, 5.74) is 9.69. The minimum absolute atomic E-state index is 0.0220. The van der Waals surface area contributed by atoms with E-state index in [1.807, 2.05) is 29.2 Å². The highest BCUT2D eigenvalue weighted by molar-refractivity contribution is 5.99. The lowest BCUT2D eigenvalue weighted by Gasteiger charge is -2.40. The molecule has 0 bridgehead atoms. The largest absolute Gasteiger partial charge is 0.398 e. The van der Waals surface area contributed by atoms with Gasteiger partial charge in [-0.25, -0.2) is 0 Å². The highest BCUT2D eigenvalue weighted by atomic mass is 16.2. The van der Waals surface area contributed by atoms with Gasteiger partial charge in [-0.2, -0.15) is 0 Å². The molecular weight excluding hydrogens is 346 g/mol. The summed E-state index contributed by atoms with van der Waals surface area (Å²) < 4.78 is 0. The summed E-state index contributed by atoms with van der Waals surface area (Å²) in [5.74, 6) is 0.0220. The molecule has 142 valence electrons. The molecular formula is C24H25N3O. The van der Waals surface area contributed by atoms with E-state index in [1.165, 1.54) is 11.1 Å². The minimum atomic E-state index is 0.0220. The summed E-state index contributed by atoms with van der Waals surface area (Å²) in [6.07, 6.45) is 0. The predicted octanol–water partition coefficient (Wildman–Crippen LogP) is 3.82. The number of benzene rings is 3. The lowest BCUT2D eigenvalue weighted by molar-refractivity contribution is 0.0598. The Morgan fingerprint density at radius 1 is 0.714 bits per heavy atom. The molecule has 1 fully saturated rings. The van der Waals surface area contributed by atoms with Crippen molar-refractivity contribution in [2.24, 2.45) is 0 Å². The standard InChI is InChI=1S/C24H25N3O/c25-22-14-8-7-13-21(22)24(28)27-17-15-26(16-18-27)23(19-9-3-1-4-10-19)20-11-5-2-6-12-20/h1-14,23H,15-18,25H2. The van der Waals surface area contributed by atoms with Gasteiger partial charge in [0.1, 0.15) is 0 Å². The third-order valence-electron chi connectivity index (χ3n) is 5.39. The number of nitrogen functional groups attached to an aromatic ring is 1. The molecule has 3 aromatic rings. The molecule has 28 heavy (non-hydrogen) atoms. The molecule has 1 aliphatic heterocycles. The summed E-state index contributed by atoms with van der Waals surface area (Å²) in [7, 11) is 0. The average molecular weight is 371 g/mol. The molecule has 1 amide bonds. The van der Waals surface area contributed by atoms with Gasteiger partial charge >= 0.3 is 0 Å². The first-order chi connectivity index (χ1) is 13.7. The second-order valence-corrected chi connectivity index (χ2v) is 7.14. The number of amides is 1. The van der Waals surface area contributed by atoms with Crippen LogP contribution in [0.15, 0.2) is 84.9 Å². The van der Waals surface area contributed by atoms with E-state index in [0.29, 0.717) is 24.3 Å². The topological polar surface area (TPSA) is 49.6 Å². The number of hydrogen-bond acceptors (Lipinski definition) is 3. The van der Waals surface area contributed by atoms with Crippen LogP contribution in [0.4, 0.5) is 5.69 Å². The fraction of sp³-hybridized carbons (Fsp3) is 0.208. The Morgan fingerprint density at radius 2 is 1.21 bits per heavy atom. The molecule has 4 nitrogen and oxygen atoms in total. The highest BCUT2D eigenvalue weighted by Crippen LogP contribution is 2.29. The van der Waals surface area contributed by atoms with Crippen LogP contribution in [0.1, 0.15) is 27.5 Å². The summed E-state index contributed by atoms with van der Waals surface area (Å²) >= 11 is 0. The Balaban J connectivity index is 1.52. The zero-order valence-electron chi connectivity index (χ0n) is 15.9. The van der Waals surface area contributed by atoms with Gasteiger partial charge in [-0.05, 0) is 23.3 Å². The van der Waals surface area contributed by atoms with E-state index in [9.17, 15) is 4.79 Å². The second kappa shape index (κ2) is 8.28. The Bertz CT molecular complexity index is 879. The number of para-hydroxylation sites is 1. The number of carbonyl (C=O) groups is 1. The fourth-order valence-electron chi connectivity index (χ4n) is 3.93. The van der Waals surface area contributed by atoms with Gasteiger partial charge in [-0.1, -0.05) is 72.8 Å². The van der Waals surface area contributed by atoms with Crippen LogP contribution in [0, 0.1) is 0 Å². The molecule has 1 aliphatic rings. The van der Waals surface area contributed by atoms with Crippen LogP contribution in [0.2, 0.25) is 0 Å². The average Bonchev–Trinajstić information content (AvgIpc) is 2.76. The van der Waals surface area contributed by atoms with Crippen molar-refractivity contribution in [2.75, 3.05) is 31.9 Å². The molecule has 3 aromatic carbocycles. The van der Waals surface area contributed by atoms with E-state index in [-0.39, 0.29) is 11.9 Å². The van der Waals surface area contributed by atoms with Crippen molar-refractivity contribution in [3.63, 3.8) is 0 Å². The van der Waals surface area contributed by atoms with Crippen LogP contribution in [0.3, 0.4) is 0 Å². The van der Waals surface area contributed by atoms with Gasteiger partial charge in [-0.3, -0.25) is 9.69 Å². The van der Waals surface area contributed by atoms with Crippen molar-refractivity contribution in [2.45, 2.75) is 6.04 Å². The monoisotopic (exact) mass is 371 g/mol. The first kappa shape index (κ1) is 18.3. The SMILES string of the molecule is Nc1ccccc1C(=O)N1CCN(C(c2ccccc2)c2ccccc2)CC1. The Morgan fingerprint density at radius 3 is 1.75 bits per heavy atom. The zero-order valence-corrected chi connectivity index (χ0v) is 15.9. The lowest BCUT2D eigenvalue weighted by Crippen LogP contribution is -2.50. The Labute approximate surface area is 166 Å². The lowest BCUT2D eigenvalue weighted by atomic mass is 9.96. The third-order valence-corrected chi connectivity index (χ3v) is 5.39. The number of nitrogens with zero attached hydrogens (tertiary/aromatic N) is 2. The van der Waals surface area contributed by atoms with Gasteiger partial charge in [0, 0.05) is 31.9 Å². The van der Waals surface area contributed by atoms with Gasteiger partial charge in [0.25, 0.3) is 5.91 Å². The van der Waals surface area contributed by atoms with Gasteiger partial charge in [0.2, 0.25) is 0 Å². The third kappa shape index (κ3) is 3.78. The molecule has 0 unspecified atom stereocenters. The van der Waals surface area contributed by atoms with E-state index in [4.69, 9.17) is 5.73 Å². The molecule has 0 atom stereocenters. The summed E-state index contributed by atoms with van der Waals surface area (Å²) in [4.78, 5) is 17.2. The Hall–Kier alpha value is -3.11. The number of nitrogens with two attached hydrogens (primary N) is 1. The molecule has 4 rings (SSSR count). The number of hydrogen-bond donors (Lipinski definition) is 1. The predicted molar refractivity (Wildman–Crippen MR) is 113 cm³/mol. The molecule has 1 saturated heterocycles. The highest BCUT2D eigenvalue weighted by Gasteiger charge is 2.28. The van der Waals surface area contributed by atoms with Crippen LogP contribution in [0.5, 0.6) is 0 Å². The van der Waals surface area contributed by atoms with Crippen LogP contribution in [-0.4, -0.2) is 41.9 Å². The van der Waals surface area contributed by atoms with Crippen molar-refractivity contribution in [3.8, 4) is 0 Å². The van der Waals surface area contributed by atoms with Gasteiger partial charge in [0.05, 0.1) is 11.6 Å².